The van der Waals surface area contributed by atoms with Crippen LogP contribution in [0.15, 0.2) is 51.7 Å². The predicted molar refractivity (Wildman–Crippen MR) is 103 cm³/mol. The van der Waals surface area contributed by atoms with E-state index in [4.69, 9.17) is 4.52 Å². The van der Waals surface area contributed by atoms with E-state index in [1.54, 1.807) is 24.5 Å². The van der Waals surface area contributed by atoms with Crippen molar-refractivity contribution in [1.82, 2.24) is 20.4 Å². The fourth-order valence-electron chi connectivity index (χ4n) is 2.18. The van der Waals surface area contributed by atoms with E-state index in [0.717, 1.165) is 22.0 Å². The third kappa shape index (κ3) is 4.45. The van der Waals surface area contributed by atoms with E-state index >= 15 is 0 Å². The largest absolute Gasteiger partial charge is 0.335 e. The van der Waals surface area contributed by atoms with E-state index in [9.17, 15) is 4.79 Å². The van der Waals surface area contributed by atoms with E-state index in [0.29, 0.717) is 17.4 Å². The Balaban J connectivity index is 1.70. The molecule has 2 aromatic heterocycles. The zero-order valence-electron chi connectivity index (χ0n) is 14.4. The molecule has 0 radical (unpaired) electrons. The van der Waals surface area contributed by atoms with E-state index < -0.39 is 0 Å². The fraction of sp³-hybridized carbons (Fsp3) is 0.222. The topological polar surface area (TPSA) is 92.9 Å². The van der Waals surface area contributed by atoms with Gasteiger partial charge < -0.3 is 15.2 Å². The highest BCUT2D eigenvalue weighted by Crippen LogP contribution is 2.24. The van der Waals surface area contributed by atoms with Crippen molar-refractivity contribution in [3.63, 3.8) is 0 Å². The second-order valence-corrected chi connectivity index (χ2v) is 6.72. The minimum absolute atomic E-state index is 0.125. The first kappa shape index (κ1) is 18.1. The van der Waals surface area contributed by atoms with E-state index in [1.807, 2.05) is 32.0 Å². The predicted octanol–water partition coefficient (Wildman–Crippen LogP) is 4.48. The minimum atomic E-state index is -0.226. The Labute approximate surface area is 159 Å². The van der Waals surface area contributed by atoms with Gasteiger partial charge in [-0.15, -0.1) is 0 Å². The van der Waals surface area contributed by atoms with Gasteiger partial charge in [0.05, 0.1) is 5.56 Å². The molecule has 0 spiro atoms. The summed E-state index contributed by atoms with van der Waals surface area (Å²) in [7, 11) is 0. The number of hydrogen-bond donors (Lipinski definition) is 2. The zero-order valence-corrected chi connectivity index (χ0v) is 15.9. The van der Waals surface area contributed by atoms with Gasteiger partial charge in [0.15, 0.2) is 0 Å². The van der Waals surface area contributed by atoms with Crippen LogP contribution in [-0.4, -0.2) is 27.2 Å². The molecule has 26 heavy (non-hydrogen) atoms. The summed E-state index contributed by atoms with van der Waals surface area (Å²) in [6, 6.07) is 8.99. The van der Waals surface area contributed by atoms with Gasteiger partial charge in [-0.1, -0.05) is 12.1 Å². The Morgan fingerprint density at radius 2 is 2.00 bits per heavy atom. The first-order chi connectivity index (χ1) is 12.5. The van der Waals surface area contributed by atoms with E-state index in [2.05, 4.69) is 41.7 Å². The van der Waals surface area contributed by atoms with Crippen molar-refractivity contribution in [2.75, 3.05) is 5.32 Å². The molecule has 1 aromatic carbocycles. The zero-order chi connectivity index (χ0) is 18.5. The number of rotatable bonds is 5. The Hall–Kier alpha value is -2.74. The number of nitrogens with zero attached hydrogens (tertiary/aromatic N) is 3. The lowest BCUT2D eigenvalue weighted by Crippen LogP contribution is -2.35. The molecule has 2 amide bonds. The molecule has 0 bridgehead atoms. The molecule has 1 unspecified atom stereocenters. The summed E-state index contributed by atoms with van der Waals surface area (Å²) >= 11 is 3.37. The molecule has 0 aliphatic rings. The van der Waals surface area contributed by atoms with E-state index in [1.165, 1.54) is 0 Å². The Morgan fingerprint density at radius 3 is 2.69 bits per heavy atom. The van der Waals surface area contributed by atoms with Gasteiger partial charge >= 0.3 is 6.03 Å². The van der Waals surface area contributed by atoms with Gasteiger partial charge in [-0.3, -0.25) is 4.98 Å². The molecule has 0 fully saturated rings. The average Bonchev–Trinajstić information content (AvgIpc) is 3.12. The van der Waals surface area contributed by atoms with Gasteiger partial charge in [0.25, 0.3) is 5.89 Å². The Bertz CT molecular complexity index is 895. The summed E-state index contributed by atoms with van der Waals surface area (Å²) in [5, 5.41) is 9.65. The minimum Gasteiger partial charge on any atom is -0.335 e. The number of anilines is 1. The molecule has 2 N–H and O–H groups in total. The first-order valence-corrected chi connectivity index (χ1v) is 8.97. The van der Waals surface area contributed by atoms with Crippen molar-refractivity contribution in [3.8, 4) is 22.8 Å². The molecule has 0 aliphatic carbocycles. The molecular weight excluding hydrogens is 398 g/mol. The second kappa shape index (κ2) is 8.09. The van der Waals surface area contributed by atoms with Crippen LogP contribution in [0.25, 0.3) is 22.8 Å². The molecule has 8 heteroatoms. The van der Waals surface area contributed by atoms with Crippen molar-refractivity contribution >= 4 is 27.6 Å². The smallest absolute Gasteiger partial charge is 0.319 e. The number of pyridine rings is 1. The molecule has 3 aromatic rings. The van der Waals surface area contributed by atoms with Crippen molar-refractivity contribution in [3.05, 3.63) is 47.2 Å². The van der Waals surface area contributed by atoms with Gasteiger partial charge in [-0.25, -0.2) is 4.79 Å². The molecule has 134 valence electrons. The molecule has 1 atom stereocenters. The summed E-state index contributed by atoms with van der Waals surface area (Å²) in [6.45, 7) is 3.97. The van der Waals surface area contributed by atoms with Crippen molar-refractivity contribution in [2.24, 2.45) is 0 Å². The van der Waals surface area contributed by atoms with Gasteiger partial charge in [-0.2, -0.15) is 4.98 Å². The highest BCUT2D eigenvalue weighted by Gasteiger charge is 2.12. The molecular formula is C18H18BrN5O2. The van der Waals surface area contributed by atoms with Crippen LogP contribution in [-0.2, 0) is 0 Å². The Morgan fingerprint density at radius 1 is 1.23 bits per heavy atom. The van der Waals surface area contributed by atoms with Crippen LogP contribution in [0.2, 0.25) is 0 Å². The van der Waals surface area contributed by atoms with Crippen LogP contribution in [0, 0.1) is 0 Å². The number of aromatic nitrogens is 3. The molecule has 0 aliphatic heterocycles. The number of urea groups is 1. The van der Waals surface area contributed by atoms with Crippen molar-refractivity contribution < 1.29 is 9.32 Å². The van der Waals surface area contributed by atoms with Crippen LogP contribution >= 0.6 is 15.9 Å². The lowest BCUT2D eigenvalue weighted by Gasteiger charge is -2.12. The normalized spacial score (nSPS) is 11.8. The standard InChI is InChI=1S/C18H18BrN5O2/c1-3-11(2)21-18(25)22-15-6-4-12(5-7-15)16-23-17(26-24-16)13-8-14(19)10-20-9-13/h4-11H,3H2,1-2H3,(H2,21,22,25). The van der Waals surface area contributed by atoms with Crippen LogP contribution < -0.4 is 10.6 Å². The van der Waals surface area contributed by atoms with Gasteiger partial charge in [-0.05, 0) is 59.6 Å². The lowest BCUT2D eigenvalue weighted by molar-refractivity contribution is 0.249. The summed E-state index contributed by atoms with van der Waals surface area (Å²) in [4.78, 5) is 20.3. The third-order valence-corrected chi connectivity index (χ3v) is 4.20. The molecule has 7 nitrogen and oxygen atoms in total. The summed E-state index contributed by atoms with van der Waals surface area (Å²) < 4.78 is 6.14. The Kier molecular flexibility index (Phi) is 5.62. The average molecular weight is 416 g/mol. The third-order valence-electron chi connectivity index (χ3n) is 3.77. The molecule has 3 rings (SSSR count). The number of carbonyl (C=O) groups excluding carboxylic acids is 1. The van der Waals surface area contributed by atoms with Crippen molar-refractivity contribution in [2.45, 2.75) is 26.3 Å². The summed E-state index contributed by atoms with van der Waals surface area (Å²) in [5.74, 6) is 0.861. The maximum absolute atomic E-state index is 11.9. The second-order valence-electron chi connectivity index (χ2n) is 5.80. The highest BCUT2D eigenvalue weighted by atomic mass is 79.9. The van der Waals surface area contributed by atoms with Crippen LogP contribution in [0.4, 0.5) is 10.5 Å². The molecule has 0 saturated carbocycles. The van der Waals surface area contributed by atoms with Crippen molar-refractivity contribution in [1.29, 1.82) is 0 Å². The molecule has 0 saturated heterocycles. The first-order valence-electron chi connectivity index (χ1n) is 8.17. The lowest BCUT2D eigenvalue weighted by atomic mass is 10.2. The van der Waals surface area contributed by atoms with Gasteiger partial charge in [0, 0.05) is 34.2 Å². The SMILES string of the molecule is CCC(C)NC(=O)Nc1ccc(-c2noc(-c3cncc(Br)c3)n2)cc1. The monoisotopic (exact) mass is 415 g/mol. The summed E-state index contributed by atoms with van der Waals surface area (Å²) in [6.07, 6.45) is 4.22. The number of amides is 2. The van der Waals surface area contributed by atoms with Crippen LogP contribution in [0.1, 0.15) is 20.3 Å². The highest BCUT2D eigenvalue weighted by molar-refractivity contribution is 9.10. The molecule has 2 heterocycles. The van der Waals surface area contributed by atoms with E-state index in [-0.39, 0.29) is 12.1 Å². The summed E-state index contributed by atoms with van der Waals surface area (Å²) in [5.41, 5.74) is 2.21. The van der Waals surface area contributed by atoms with Gasteiger partial charge in [0.2, 0.25) is 5.82 Å². The number of carbonyl (C=O) groups is 1. The van der Waals surface area contributed by atoms with Crippen LogP contribution in [0.3, 0.4) is 0 Å². The number of nitrogens with one attached hydrogen (secondary N) is 2. The van der Waals surface area contributed by atoms with Crippen LogP contribution in [0.5, 0.6) is 0 Å². The number of benzene rings is 1. The maximum atomic E-state index is 11.9. The maximum Gasteiger partial charge on any atom is 0.319 e. The number of halogens is 1. The quantitative estimate of drug-likeness (QED) is 0.640. The fourth-order valence-corrected chi connectivity index (χ4v) is 2.55. The number of hydrogen-bond acceptors (Lipinski definition) is 5. The van der Waals surface area contributed by atoms with Gasteiger partial charge in [0.1, 0.15) is 0 Å².